The first-order valence-corrected chi connectivity index (χ1v) is 9.76. The van der Waals surface area contributed by atoms with Crippen LogP contribution in [-0.4, -0.2) is 43.0 Å². The molecule has 9 heteroatoms. The third-order valence-electron chi connectivity index (χ3n) is 5.58. The van der Waals surface area contributed by atoms with Gasteiger partial charge in [0, 0.05) is 42.3 Å². The van der Waals surface area contributed by atoms with Gasteiger partial charge in [-0.25, -0.2) is 4.39 Å². The summed E-state index contributed by atoms with van der Waals surface area (Å²) in [5.74, 6) is -0.450. The van der Waals surface area contributed by atoms with Gasteiger partial charge >= 0.3 is 11.8 Å². The van der Waals surface area contributed by atoms with E-state index in [9.17, 15) is 14.5 Å². The molecule has 3 aromatic rings. The number of nitro groups is 1. The summed E-state index contributed by atoms with van der Waals surface area (Å²) in [6, 6.07) is 10.7. The summed E-state index contributed by atoms with van der Waals surface area (Å²) in [5, 5.41) is 10.9. The Morgan fingerprint density at radius 3 is 2.77 bits per heavy atom. The minimum Gasteiger partial charge on any atom is -0.436 e. The highest BCUT2D eigenvalue weighted by Gasteiger charge is 2.41. The molecule has 2 aliphatic heterocycles. The van der Waals surface area contributed by atoms with Crippen molar-refractivity contribution in [1.82, 2.24) is 19.4 Å². The smallest absolute Gasteiger partial charge is 0.415 e. The van der Waals surface area contributed by atoms with E-state index in [4.69, 9.17) is 9.72 Å². The molecular weight excluding hydrogens is 389 g/mol. The molecule has 8 nitrogen and oxygen atoms in total. The maximum absolute atomic E-state index is 13.2. The monoisotopic (exact) mass is 409 g/mol. The molecular formula is C21H20FN5O3. The largest absolute Gasteiger partial charge is 0.436 e. The third kappa shape index (κ3) is 3.41. The topological polar surface area (TPSA) is 86.3 Å². The van der Waals surface area contributed by atoms with E-state index in [0.717, 1.165) is 36.5 Å². The minimum atomic E-state index is -0.513. The average molecular weight is 409 g/mol. The van der Waals surface area contributed by atoms with Crippen LogP contribution in [0.1, 0.15) is 18.2 Å². The molecule has 4 heterocycles. The fourth-order valence-electron chi connectivity index (χ4n) is 4.23. The van der Waals surface area contributed by atoms with Crippen molar-refractivity contribution < 1.29 is 14.1 Å². The summed E-state index contributed by atoms with van der Waals surface area (Å²) in [6.07, 6.45) is 2.24. The predicted molar refractivity (Wildman–Crippen MR) is 107 cm³/mol. The van der Waals surface area contributed by atoms with Crippen LogP contribution < -0.4 is 4.74 Å². The molecule has 0 aliphatic carbocycles. The lowest BCUT2D eigenvalue weighted by Gasteiger charge is -2.34. The molecule has 0 amide bonds. The van der Waals surface area contributed by atoms with Gasteiger partial charge < -0.3 is 14.9 Å². The Bertz CT molecular complexity index is 1100. The number of nitrogens with zero attached hydrogens (tertiary/aromatic N) is 5. The summed E-state index contributed by atoms with van der Waals surface area (Å²) >= 11 is 0. The first kappa shape index (κ1) is 18.7. The second-order valence-corrected chi connectivity index (χ2v) is 8.09. The number of benzene rings is 1. The van der Waals surface area contributed by atoms with E-state index in [0.29, 0.717) is 19.1 Å². The molecule has 1 aromatic carbocycles. The summed E-state index contributed by atoms with van der Waals surface area (Å²) < 4.78 is 20.8. The van der Waals surface area contributed by atoms with Crippen molar-refractivity contribution in [3.05, 3.63) is 69.8 Å². The van der Waals surface area contributed by atoms with E-state index >= 15 is 0 Å². The number of halogens is 1. The van der Waals surface area contributed by atoms with Crippen molar-refractivity contribution in [2.24, 2.45) is 0 Å². The van der Waals surface area contributed by atoms with Crippen LogP contribution in [0.3, 0.4) is 0 Å². The number of rotatable bonds is 4. The van der Waals surface area contributed by atoms with Gasteiger partial charge in [-0.15, -0.1) is 0 Å². The number of imidazole rings is 1. The Hall–Kier alpha value is -3.33. The number of fused-ring (bicyclic) bond motifs is 2. The molecule has 0 saturated carbocycles. The summed E-state index contributed by atoms with van der Waals surface area (Å²) in [7, 11) is 0. The number of ether oxygens (including phenoxy) is 1. The molecule has 30 heavy (non-hydrogen) atoms. The third-order valence-corrected chi connectivity index (χ3v) is 5.58. The van der Waals surface area contributed by atoms with E-state index in [1.807, 2.05) is 13.0 Å². The minimum absolute atomic E-state index is 0.193. The van der Waals surface area contributed by atoms with Crippen molar-refractivity contribution in [1.29, 1.82) is 0 Å². The zero-order valence-electron chi connectivity index (χ0n) is 16.4. The lowest BCUT2D eigenvalue weighted by Crippen LogP contribution is -2.46. The summed E-state index contributed by atoms with van der Waals surface area (Å²) in [6.45, 7) is 4.80. The van der Waals surface area contributed by atoms with E-state index in [-0.39, 0.29) is 11.6 Å². The Kier molecular flexibility index (Phi) is 4.28. The quantitative estimate of drug-likeness (QED) is 0.486. The predicted octanol–water partition coefficient (Wildman–Crippen LogP) is 3.20. The standard InChI is InChI=1S/C21H20FN5O3/c1-21(13-26-11-19(27(28)29)24-20(26)30-21)12-25-9-8-18-15(10-25)4-7-17(23-18)14-2-5-16(22)6-3-14/h2-7,11H,8-10,12-13H2,1H3. The van der Waals surface area contributed by atoms with Gasteiger partial charge in [0.25, 0.3) is 0 Å². The van der Waals surface area contributed by atoms with Crippen LogP contribution in [0.4, 0.5) is 10.2 Å². The SMILES string of the molecule is CC1(CN2CCc3nc(-c4ccc(F)cc4)ccc3C2)Cn2cc([N+](=O)[O-])nc2O1. The fourth-order valence-corrected chi connectivity index (χ4v) is 4.23. The maximum atomic E-state index is 13.2. The Morgan fingerprint density at radius 1 is 1.23 bits per heavy atom. The Balaban J connectivity index is 1.27. The number of hydrogen-bond acceptors (Lipinski definition) is 6. The molecule has 1 unspecified atom stereocenters. The maximum Gasteiger partial charge on any atom is 0.415 e. The Labute approximate surface area is 172 Å². The highest BCUT2D eigenvalue weighted by Crippen LogP contribution is 2.32. The van der Waals surface area contributed by atoms with Gasteiger partial charge in [-0.3, -0.25) is 14.5 Å². The molecule has 0 radical (unpaired) electrons. The van der Waals surface area contributed by atoms with Gasteiger partial charge in [-0.05, 0) is 47.7 Å². The van der Waals surface area contributed by atoms with Crippen LogP contribution in [0, 0.1) is 15.9 Å². The lowest BCUT2D eigenvalue weighted by molar-refractivity contribution is -0.389. The summed E-state index contributed by atoms with van der Waals surface area (Å²) in [4.78, 5) is 21.4. The van der Waals surface area contributed by atoms with Gasteiger partial charge in [-0.2, -0.15) is 0 Å². The fraction of sp³-hybridized carbons (Fsp3) is 0.333. The number of pyridine rings is 1. The molecule has 0 saturated heterocycles. The first-order valence-electron chi connectivity index (χ1n) is 9.76. The van der Waals surface area contributed by atoms with Gasteiger partial charge in [0.05, 0.1) is 12.2 Å². The average Bonchev–Trinajstić information content (AvgIpc) is 3.23. The Morgan fingerprint density at radius 2 is 2.03 bits per heavy atom. The van der Waals surface area contributed by atoms with Gasteiger partial charge in [0.1, 0.15) is 17.6 Å². The van der Waals surface area contributed by atoms with Crippen LogP contribution in [0.5, 0.6) is 6.01 Å². The van der Waals surface area contributed by atoms with Gasteiger partial charge in [0.2, 0.25) is 0 Å². The van der Waals surface area contributed by atoms with Crippen LogP contribution in [-0.2, 0) is 19.5 Å². The molecule has 2 aromatic heterocycles. The number of aromatic nitrogens is 3. The lowest BCUT2D eigenvalue weighted by atomic mass is 10.0. The van der Waals surface area contributed by atoms with Gasteiger partial charge in [-0.1, -0.05) is 6.07 Å². The van der Waals surface area contributed by atoms with E-state index < -0.39 is 10.5 Å². The van der Waals surface area contributed by atoms with E-state index in [1.54, 1.807) is 16.7 Å². The molecule has 154 valence electrons. The van der Waals surface area contributed by atoms with Crippen LogP contribution >= 0.6 is 0 Å². The zero-order valence-corrected chi connectivity index (χ0v) is 16.4. The highest BCUT2D eigenvalue weighted by molar-refractivity contribution is 5.59. The molecule has 2 aliphatic rings. The van der Waals surface area contributed by atoms with Crippen molar-refractivity contribution in [3.63, 3.8) is 0 Å². The molecule has 0 bridgehead atoms. The van der Waals surface area contributed by atoms with Crippen molar-refractivity contribution >= 4 is 5.82 Å². The summed E-state index contributed by atoms with van der Waals surface area (Å²) in [5.41, 5.74) is 3.49. The second-order valence-electron chi connectivity index (χ2n) is 8.09. The van der Waals surface area contributed by atoms with Crippen LogP contribution in [0.15, 0.2) is 42.6 Å². The molecule has 5 rings (SSSR count). The van der Waals surface area contributed by atoms with E-state index in [1.165, 1.54) is 23.9 Å². The molecule has 0 spiro atoms. The van der Waals surface area contributed by atoms with E-state index in [2.05, 4.69) is 16.0 Å². The molecule has 0 fully saturated rings. The van der Waals surface area contributed by atoms with Gasteiger partial charge in [0.15, 0.2) is 0 Å². The zero-order chi connectivity index (χ0) is 20.9. The molecule has 1 atom stereocenters. The first-order chi connectivity index (χ1) is 14.4. The van der Waals surface area contributed by atoms with Crippen LogP contribution in [0.25, 0.3) is 11.3 Å². The number of hydrogen-bond donors (Lipinski definition) is 0. The van der Waals surface area contributed by atoms with Crippen molar-refractivity contribution in [2.75, 3.05) is 13.1 Å². The highest BCUT2D eigenvalue weighted by atomic mass is 19.1. The van der Waals surface area contributed by atoms with Crippen LogP contribution in [0.2, 0.25) is 0 Å². The second kappa shape index (κ2) is 6.88. The van der Waals surface area contributed by atoms with Crippen molar-refractivity contribution in [2.45, 2.75) is 32.0 Å². The van der Waals surface area contributed by atoms with Crippen molar-refractivity contribution in [3.8, 4) is 17.3 Å². The normalized spacial score (nSPS) is 20.5. The molecule has 0 N–H and O–H groups in total.